The molecule has 15 heavy (non-hydrogen) atoms. The molecule has 1 N–H and O–H groups in total. The van der Waals surface area contributed by atoms with Crippen molar-refractivity contribution < 1.29 is 26.7 Å². The number of sulfone groups is 1. The highest BCUT2D eigenvalue weighted by atomic mass is 32.2. The maximum absolute atomic E-state index is 12.1. The third-order valence-corrected chi connectivity index (χ3v) is 3.27. The second-order valence-corrected chi connectivity index (χ2v) is 4.84. The molecule has 0 amide bonds. The lowest BCUT2D eigenvalue weighted by Gasteiger charge is -2.08. The number of phenols is 1. The van der Waals surface area contributed by atoms with Gasteiger partial charge in [0, 0.05) is 0 Å². The molecule has 84 valence electrons. The summed E-state index contributed by atoms with van der Waals surface area (Å²) in [5.41, 5.74) is -5.25. The van der Waals surface area contributed by atoms with Gasteiger partial charge in [0.2, 0.25) is 0 Å². The molecule has 0 spiro atoms. The van der Waals surface area contributed by atoms with Crippen molar-refractivity contribution in [2.45, 2.75) is 17.3 Å². The van der Waals surface area contributed by atoms with E-state index >= 15 is 0 Å². The van der Waals surface area contributed by atoms with Crippen LogP contribution in [0.5, 0.6) is 5.75 Å². The Balaban J connectivity index is 3.36. The maximum atomic E-state index is 12.1. The van der Waals surface area contributed by atoms with E-state index in [0.717, 1.165) is 12.1 Å². The van der Waals surface area contributed by atoms with Gasteiger partial charge in [0.15, 0.2) is 0 Å². The lowest BCUT2D eigenvalue weighted by molar-refractivity contribution is -0.0436. The van der Waals surface area contributed by atoms with Crippen molar-refractivity contribution in [2.75, 3.05) is 0 Å². The first kappa shape index (κ1) is 11.8. The molecule has 0 heterocycles. The molecule has 0 fully saturated rings. The van der Waals surface area contributed by atoms with Gasteiger partial charge < -0.3 is 5.11 Å². The highest BCUT2D eigenvalue weighted by Gasteiger charge is 2.46. The first-order valence-electron chi connectivity index (χ1n) is 3.77. The maximum Gasteiger partial charge on any atom is 0.501 e. The minimum atomic E-state index is -5.33. The summed E-state index contributed by atoms with van der Waals surface area (Å²) in [6.45, 7) is 1.31. The molecule has 1 rings (SSSR count). The van der Waals surface area contributed by atoms with Gasteiger partial charge in [-0.2, -0.15) is 13.2 Å². The van der Waals surface area contributed by atoms with E-state index in [2.05, 4.69) is 0 Å². The van der Waals surface area contributed by atoms with Gasteiger partial charge >= 0.3 is 5.51 Å². The van der Waals surface area contributed by atoms with Crippen LogP contribution in [0.2, 0.25) is 0 Å². The van der Waals surface area contributed by atoms with Gasteiger partial charge in [-0.3, -0.25) is 0 Å². The quantitative estimate of drug-likeness (QED) is 0.816. The van der Waals surface area contributed by atoms with Crippen molar-refractivity contribution in [2.24, 2.45) is 0 Å². The molecule has 0 aliphatic carbocycles. The lowest BCUT2D eigenvalue weighted by Crippen LogP contribution is -2.23. The van der Waals surface area contributed by atoms with Gasteiger partial charge in [0.25, 0.3) is 9.84 Å². The summed E-state index contributed by atoms with van der Waals surface area (Å²) in [5.74, 6) is -0.254. The monoisotopic (exact) mass is 240 g/mol. The Morgan fingerprint density at radius 3 is 2.20 bits per heavy atom. The molecule has 3 nitrogen and oxygen atoms in total. The average molecular weight is 240 g/mol. The SMILES string of the molecule is Cc1cc(S(=O)(=O)C(F)(F)F)ccc1O. The number of aryl methyl sites for hydroxylation is 1. The Kier molecular flexibility index (Phi) is 2.69. The van der Waals surface area contributed by atoms with Crippen LogP contribution in [0.25, 0.3) is 0 Å². The summed E-state index contributed by atoms with van der Waals surface area (Å²) in [5, 5.41) is 9.04. The van der Waals surface area contributed by atoms with Gasteiger partial charge in [-0.15, -0.1) is 0 Å². The highest BCUT2D eigenvalue weighted by Crippen LogP contribution is 2.31. The molecule has 0 saturated carbocycles. The van der Waals surface area contributed by atoms with Crippen molar-refractivity contribution in [3.8, 4) is 5.75 Å². The Labute approximate surface area is 84.1 Å². The summed E-state index contributed by atoms with van der Waals surface area (Å²) >= 11 is 0. The Hall–Kier alpha value is -1.24. The number of hydrogen-bond acceptors (Lipinski definition) is 3. The van der Waals surface area contributed by atoms with E-state index in [9.17, 15) is 21.6 Å². The van der Waals surface area contributed by atoms with Gasteiger partial charge in [0.1, 0.15) is 5.75 Å². The summed E-state index contributed by atoms with van der Waals surface area (Å²) in [6, 6.07) is 2.40. The van der Waals surface area contributed by atoms with Crippen LogP contribution in [0.3, 0.4) is 0 Å². The van der Waals surface area contributed by atoms with E-state index in [4.69, 9.17) is 5.11 Å². The van der Waals surface area contributed by atoms with E-state index in [0.29, 0.717) is 6.07 Å². The Morgan fingerprint density at radius 1 is 1.27 bits per heavy atom. The van der Waals surface area contributed by atoms with Crippen molar-refractivity contribution in [3.63, 3.8) is 0 Å². The number of phenolic OH excluding ortho intramolecular Hbond substituents is 1. The van der Waals surface area contributed by atoms with Crippen LogP contribution in [-0.2, 0) is 9.84 Å². The highest BCUT2D eigenvalue weighted by molar-refractivity contribution is 7.92. The fourth-order valence-electron chi connectivity index (χ4n) is 0.929. The normalized spacial score (nSPS) is 12.8. The third-order valence-electron chi connectivity index (χ3n) is 1.78. The summed E-state index contributed by atoms with van der Waals surface area (Å²) < 4.78 is 58.1. The first-order chi connectivity index (χ1) is 6.66. The standard InChI is InChI=1S/C8H7F3O3S/c1-5-4-6(2-3-7(5)12)15(13,14)8(9,10)11/h2-4,12H,1H3. The zero-order valence-corrected chi connectivity index (χ0v) is 8.35. The second kappa shape index (κ2) is 3.41. The zero-order valence-electron chi connectivity index (χ0n) is 7.54. The van der Waals surface area contributed by atoms with Crippen LogP contribution >= 0.6 is 0 Å². The van der Waals surface area contributed by atoms with E-state index in [1.54, 1.807) is 0 Å². The van der Waals surface area contributed by atoms with Gasteiger partial charge in [-0.05, 0) is 30.7 Å². The molecule has 0 aromatic heterocycles. The van der Waals surface area contributed by atoms with Gasteiger partial charge in [-0.1, -0.05) is 0 Å². The predicted octanol–water partition coefficient (Wildman–Crippen LogP) is 1.99. The summed E-state index contributed by atoms with van der Waals surface area (Å²) in [4.78, 5) is -0.870. The first-order valence-corrected chi connectivity index (χ1v) is 5.25. The topological polar surface area (TPSA) is 54.4 Å². The molecule has 7 heteroatoms. The average Bonchev–Trinajstić information content (AvgIpc) is 2.07. The Bertz CT molecular complexity index is 476. The number of rotatable bonds is 1. The lowest BCUT2D eigenvalue weighted by atomic mass is 10.2. The smallest absolute Gasteiger partial charge is 0.501 e. The van der Waals surface area contributed by atoms with Crippen molar-refractivity contribution in [1.29, 1.82) is 0 Å². The molecule has 0 bridgehead atoms. The molecule has 0 radical (unpaired) electrons. The van der Waals surface area contributed by atoms with Gasteiger partial charge in [0.05, 0.1) is 4.90 Å². The van der Waals surface area contributed by atoms with Gasteiger partial charge in [-0.25, -0.2) is 8.42 Å². The number of hydrogen-bond donors (Lipinski definition) is 1. The van der Waals surface area contributed by atoms with E-state index < -0.39 is 20.2 Å². The summed E-state index contributed by atoms with van der Waals surface area (Å²) in [7, 11) is -5.33. The molecule has 1 aromatic carbocycles. The van der Waals surface area contributed by atoms with Crippen LogP contribution in [0, 0.1) is 6.92 Å². The van der Waals surface area contributed by atoms with Crippen molar-refractivity contribution in [1.82, 2.24) is 0 Å². The number of aromatic hydroxyl groups is 1. The molecule has 0 saturated heterocycles. The van der Waals surface area contributed by atoms with E-state index in [1.165, 1.54) is 6.92 Å². The van der Waals surface area contributed by atoms with Crippen LogP contribution in [0.15, 0.2) is 23.1 Å². The van der Waals surface area contributed by atoms with E-state index in [-0.39, 0.29) is 11.3 Å². The van der Waals surface area contributed by atoms with E-state index in [1.807, 2.05) is 0 Å². The predicted molar refractivity (Wildman–Crippen MR) is 46.1 cm³/mol. The second-order valence-electron chi connectivity index (χ2n) is 2.90. The fourth-order valence-corrected chi connectivity index (χ4v) is 1.78. The molecule has 0 atom stereocenters. The van der Waals surface area contributed by atoms with Crippen LogP contribution < -0.4 is 0 Å². The molecule has 1 aromatic rings. The van der Waals surface area contributed by atoms with Crippen molar-refractivity contribution >= 4 is 9.84 Å². The Morgan fingerprint density at radius 2 is 1.80 bits per heavy atom. The fraction of sp³-hybridized carbons (Fsp3) is 0.250. The zero-order chi connectivity index (χ0) is 11.9. The molecule has 0 aliphatic rings. The van der Waals surface area contributed by atoms with Crippen molar-refractivity contribution in [3.05, 3.63) is 23.8 Å². The van der Waals surface area contributed by atoms with Crippen LogP contribution in [0.4, 0.5) is 13.2 Å². The molecular formula is C8H7F3O3S. The largest absolute Gasteiger partial charge is 0.508 e. The number of alkyl halides is 3. The minimum Gasteiger partial charge on any atom is -0.508 e. The third kappa shape index (κ3) is 2.06. The summed E-state index contributed by atoms with van der Waals surface area (Å²) in [6.07, 6.45) is 0. The number of benzene rings is 1. The number of halogens is 3. The molecular weight excluding hydrogens is 233 g/mol. The van der Waals surface area contributed by atoms with Crippen LogP contribution in [-0.4, -0.2) is 19.0 Å². The molecule has 0 aliphatic heterocycles. The molecule has 0 unspecified atom stereocenters. The minimum absolute atomic E-state index is 0.0697. The van der Waals surface area contributed by atoms with Crippen LogP contribution in [0.1, 0.15) is 5.56 Å².